The van der Waals surface area contributed by atoms with Crippen LogP contribution in [0, 0.1) is 0 Å². The first-order chi connectivity index (χ1) is 20.1. The molecule has 4 aromatic rings. The molecule has 4 rings (SSSR count). The van der Waals surface area contributed by atoms with Crippen molar-refractivity contribution in [3.8, 4) is 17.1 Å². The third kappa shape index (κ3) is 7.65. The van der Waals surface area contributed by atoms with E-state index in [0.29, 0.717) is 17.9 Å². The van der Waals surface area contributed by atoms with E-state index in [-0.39, 0.29) is 6.04 Å². The summed E-state index contributed by atoms with van der Waals surface area (Å²) in [6.45, 7) is 6.84. The quantitative estimate of drug-likeness (QED) is 0.139. The molecule has 0 N–H and O–H groups in total. The van der Waals surface area contributed by atoms with Crippen molar-refractivity contribution in [3.63, 3.8) is 0 Å². The number of hydrogen-bond donors (Lipinski definition) is 0. The Morgan fingerprint density at radius 1 is 0.878 bits per heavy atom. The molecule has 0 aliphatic heterocycles. The first kappa shape index (κ1) is 30.1. The fourth-order valence-corrected chi connectivity index (χ4v) is 5.39. The summed E-state index contributed by atoms with van der Waals surface area (Å²) in [5.41, 5.74) is 5.10. The highest BCUT2D eigenvalue weighted by Crippen LogP contribution is 2.34. The highest BCUT2D eigenvalue weighted by atomic mass is 16.5. The Bertz CT molecular complexity index is 1370. The molecule has 3 aromatic carbocycles. The lowest BCUT2D eigenvalue weighted by molar-refractivity contribution is 0.0596. The molecule has 216 valence electrons. The fourth-order valence-electron chi connectivity index (χ4n) is 5.39. The maximum absolute atomic E-state index is 12.6. The van der Waals surface area contributed by atoms with Gasteiger partial charge in [-0.15, -0.1) is 0 Å². The van der Waals surface area contributed by atoms with E-state index in [9.17, 15) is 4.79 Å². The van der Waals surface area contributed by atoms with Gasteiger partial charge in [0.2, 0.25) is 0 Å². The van der Waals surface area contributed by atoms with Crippen LogP contribution in [0.3, 0.4) is 0 Å². The monoisotopic (exact) mass is 553 g/mol. The Hall–Kier alpha value is -3.90. The summed E-state index contributed by atoms with van der Waals surface area (Å²) in [6, 6.07) is 27.0. The highest BCUT2D eigenvalue weighted by Gasteiger charge is 2.26. The zero-order chi connectivity index (χ0) is 29.0. The van der Waals surface area contributed by atoms with Gasteiger partial charge in [0.1, 0.15) is 17.1 Å². The van der Waals surface area contributed by atoms with Crippen LogP contribution in [0.15, 0.2) is 85.1 Å². The summed E-state index contributed by atoms with van der Waals surface area (Å²) in [6.07, 6.45) is 7.51. The van der Waals surface area contributed by atoms with Crippen LogP contribution in [0.5, 0.6) is 5.75 Å². The second-order valence-corrected chi connectivity index (χ2v) is 10.5. The number of hydrogen-bond acceptors (Lipinski definition) is 5. The molecule has 0 radical (unpaired) electrons. The van der Waals surface area contributed by atoms with Crippen molar-refractivity contribution in [2.75, 3.05) is 14.2 Å². The molecule has 1 aromatic heterocycles. The van der Waals surface area contributed by atoms with Gasteiger partial charge in [-0.2, -0.15) is 0 Å². The van der Waals surface area contributed by atoms with E-state index >= 15 is 0 Å². The smallest absolute Gasteiger partial charge is 0.341 e. The Labute approximate surface area is 244 Å². The van der Waals surface area contributed by atoms with Crippen LogP contribution in [-0.2, 0) is 24.4 Å². The predicted molar refractivity (Wildman–Crippen MR) is 165 cm³/mol. The Morgan fingerprint density at radius 2 is 1.56 bits per heavy atom. The summed E-state index contributed by atoms with van der Waals surface area (Å²) in [5, 5.41) is 0. The average molecular weight is 554 g/mol. The van der Waals surface area contributed by atoms with Gasteiger partial charge in [-0.05, 0) is 36.1 Å². The van der Waals surface area contributed by atoms with E-state index in [1.165, 1.54) is 18.4 Å². The summed E-state index contributed by atoms with van der Waals surface area (Å²) >= 11 is 0. The van der Waals surface area contributed by atoms with Crippen LogP contribution in [0.25, 0.3) is 11.4 Å². The Kier molecular flexibility index (Phi) is 11.1. The highest BCUT2D eigenvalue weighted by molar-refractivity contribution is 5.92. The van der Waals surface area contributed by atoms with Crippen molar-refractivity contribution in [2.45, 2.75) is 71.6 Å². The molecule has 0 saturated carbocycles. The number of methoxy groups -OCH3 is 2. The van der Waals surface area contributed by atoms with Gasteiger partial charge < -0.3 is 14.0 Å². The maximum Gasteiger partial charge on any atom is 0.341 e. The minimum Gasteiger partial charge on any atom is -0.496 e. The molecule has 6 heteroatoms. The number of carbonyl (C=O) groups excluding carboxylic acids is 1. The first-order valence-electron chi connectivity index (χ1n) is 14.7. The lowest BCUT2D eigenvalue weighted by atomic mass is 10.0. The van der Waals surface area contributed by atoms with Gasteiger partial charge in [-0.1, -0.05) is 99.8 Å². The molecule has 0 amide bonds. The summed E-state index contributed by atoms with van der Waals surface area (Å²) in [5.74, 6) is 1.14. The third-order valence-corrected chi connectivity index (χ3v) is 7.55. The van der Waals surface area contributed by atoms with Gasteiger partial charge in [-0.3, -0.25) is 4.90 Å². The predicted octanol–water partition coefficient (Wildman–Crippen LogP) is 8.08. The second kappa shape index (κ2) is 15.2. The molecule has 0 aliphatic rings. The van der Waals surface area contributed by atoms with Crippen molar-refractivity contribution in [1.29, 1.82) is 0 Å². The lowest BCUT2D eigenvalue weighted by Crippen LogP contribution is -2.30. The largest absolute Gasteiger partial charge is 0.496 e. The third-order valence-electron chi connectivity index (χ3n) is 7.55. The first-order valence-corrected chi connectivity index (χ1v) is 14.7. The molecule has 1 heterocycles. The normalized spacial score (nSPS) is 11.9. The minimum atomic E-state index is -0.397. The molecule has 0 saturated heterocycles. The Morgan fingerprint density at radius 3 is 2.22 bits per heavy atom. The van der Waals surface area contributed by atoms with Crippen LogP contribution in [0.1, 0.15) is 79.2 Å². The number of nitrogens with zero attached hydrogens (tertiary/aromatic N) is 3. The molecule has 41 heavy (non-hydrogen) atoms. The molecular weight excluding hydrogens is 510 g/mol. The molecule has 1 unspecified atom stereocenters. The standard InChI is InChI=1S/C35H43N3O3/c1-5-7-19-31(32-24-36-34(38(32)22-8-6-2)29-17-13-10-14-18-29)37(25-27-15-11-9-12-16-27)26-28-20-21-33(40-3)30(23-28)35(39)41-4/h9-18,20-21,23-24,31H,5-8,19,22,25-26H2,1-4H3. The number of esters is 1. The average Bonchev–Trinajstić information content (AvgIpc) is 3.44. The molecule has 6 nitrogen and oxygen atoms in total. The van der Waals surface area contributed by atoms with Crippen LogP contribution in [-0.4, -0.2) is 34.6 Å². The second-order valence-electron chi connectivity index (χ2n) is 10.5. The van der Waals surface area contributed by atoms with E-state index in [0.717, 1.165) is 62.1 Å². The Balaban J connectivity index is 1.80. The van der Waals surface area contributed by atoms with Gasteiger partial charge in [-0.25, -0.2) is 9.78 Å². The zero-order valence-corrected chi connectivity index (χ0v) is 24.9. The van der Waals surface area contributed by atoms with Crippen LogP contribution in [0.4, 0.5) is 0 Å². The molecular formula is C35H43N3O3. The van der Waals surface area contributed by atoms with E-state index in [2.05, 4.69) is 84.1 Å². The SMILES string of the molecule is CCCCC(c1cnc(-c2ccccc2)n1CCCC)N(Cc1ccccc1)Cc1ccc(OC)c(C(=O)OC)c1. The van der Waals surface area contributed by atoms with Gasteiger partial charge in [0, 0.05) is 25.2 Å². The van der Waals surface area contributed by atoms with Crippen molar-refractivity contribution in [1.82, 2.24) is 14.5 Å². The summed E-state index contributed by atoms with van der Waals surface area (Å²) in [4.78, 5) is 20.1. The zero-order valence-electron chi connectivity index (χ0n) is 24.9. The maximum atomic E-state index is 12.6. The van der Waals surface area contributed by atoms with Crippen molar-refractivity contribution < 1.29 is 14.3 Å². The van der Waals surface area contributed by atoms with Gasteiger partial charge in [0.05, 0.1) is 32.2 Å². The number of rotatable bonds is 15. The molecule has 0 fully saturated rings. The number of carbonyl (C=O) groups is 1. The van der Waals surface area contributed by atoms with Crippen molar-refractivity contribution in [2.24, 2.45) is 0 Å². The minimum absolute atomic E-state index is 0.139. The number of imidazole rings is 1. The van der Waals surface area contributed by atoms with Gasteiger partial charge >= 0.3 is 5.97 Å². The number of aromatic nitrogens is 2. The van der Waals surface area contributed by atoms with Crippen LogP contribution >= 0.6 is 0 Å². The fraction of sp³-hybridized carbons (Fsp3) is 0.371. The summed E-state index contributed by atoms with van der Waals surface area (Å²) < 4.78 is 13.0. The number of unbranched alkanes of at least 4 members (excludes halogenated alkanes) is 2. The van der Waals surface area contributed by atoms with E-state index in [1.54, 1.807) is 7.11 Å². The van der Waals surface area contributed by atoms with Crippen LogP contribution in [0.2, 0.25) is 0 Å². The van der Waals surface area contributed by atoms with Gasteiger partial charge in [0.25, 0.3) is 0 Å². The molecule has 0 spiro atoms. The van der Waals surface area contributed by atoms with Crippen LogP contribution < -0.4 is 4.74 Å². The number of ether oxygens (including phenoxy) is 2. The van der Waals surface area contributed by atoms with E-state index in [1.807, 2.05) is 24.3 Å². The topological polar surface area (TPSA) is 56.6 Å². The van der Waals surface area contributed by atoms with Crippen molar-refractivity contribution >= 4 is 5.97 Å². The number of benzene rings is 3. The molecule has 0 aliphatic carbocycles. The lowest BCUT2D eigenvalue weighted by Gasteiger charge is -2.33. The molecule has 0 bridgehead atoms. The summed E-state index contributed by atoms with van der Waals surface area (Å²) in [7, 11) is 2.98. The van der Waals surface area contributed by atoms with Gasteiger partial charge in [0.15, 0.2) is 0 Å². The van der Waals surface area contributed by atoms with E-state index in [4.69, 9.17) is 14.5 Å². The molecule has 1 atom stereocenters. The van der Waals surface area contributed by atoms with E-state index < -0.39 is 5.97 Å². The van der Waals surface area contributed by atoms with Crippen molar-refractivity contribution in [3.05, 3.63) is 107 Å².